The molecule has 84 valence electrons. The molecular formula is C13H15BrN2. The summed E-state index contributed by atoms with van der Waals surface area (Å²) in [5.74, 6) is 1.02. The zero-order chi connectivity index (χ0) is 11.9. The molecule has 1 heterocycles. The van der Waals surface area contributed by atoms with Gasteiger partial charge in [-0.15, -0.1) is 0 Å². The topological polar surface area (TPSA) is 17.8 Å². The highest BCUT2D eigenvalue weighted by Crippen LogP contribution is 2.30. The van der Waals surface area contributed by atoms with Gasteiger partial charge >= 0.3 is 0 Å². The zero-order valence-corrected chi connectivity index (χ0v) is 11.6. The van der Waals surface area contributed by atoms with Crippen molar-refractivity contribution < 1.29 is 0 Å². The van der Waals surface area contributed by atoms with E-state index in [1.165, 1.54) is 16.7 Å². The fourth-order valence-electron chi connectivity index (χ4n) is 1.83. The van der Waals surface area contributed by atoms with Crippen molar-refractivity contribution in [1.82, 2.24) is 9.55 Å². The quantitative estimate of drug-likeness (QED) is 0.777. The van der Waals surface area contributed by atoms with Crippen molar-refractivity contribution in [3.63, 3.8) is 0 Å². The third-order valence-electron chi connectivity index (χ3n) is 2.89. The summed E-state index contributed by atoms with van der Waals surface area (Å²) in [4.78, 5) is 4.59. The summed E-state index contributed by atoms with van der Waals surface area (Å²) in [5, 5.41) is 0. The van der Waals surface area contributed by atoms with Crippen LogP contribution < -0.4 is 0 Å². The summed E-state index contributed by atoms with van der Waals surface area (Å²) >= 11 is 3.59. The molecule has 0 N–H and O–H groups in total. The molecule has 0 radical (unpaired) electrons. The first-order chi connectivity index (χ1) is 7.50. The molecule has 0 unspecified atom stereocenters. The van der Waals surface area contributed by atoms with Gasteiger partial charge < -0.3 is 4.57 Å². The maximum atomic E-state index is 4.59. The number of aryl methyl sites for hydroxylation is 3. The molecule has 0 saturated carbocycles. The molecule has 0 aliphatic heterocycles. The number of halogens is 1. The molecule has 2 nitrogen and oxygen atoms in total. The number of aromatic nitrogens is 2. The second-order valence-corrected chi connectivity index (χ2v) is 4.93. The maximum absolute atomic E-state index is 4.59. The molecule has 0 amide bonds. The monoisotopic (exact) mass is 278 g/mol. The smallest absolute Gasteiger partial charge is 0.112 e. The molecule has 2 rings (SSSR count). The lowest BCUT2D eigenvalue weighted by molar-refractivity contribution is 0.840. The highest BCUT2D eigenvalue weighted by Gasteiger charge is 2.13. The van der Waals surface area contributed by atoms with Crippen molar-refractivity contribution in [1.29, 1.82) is 0 Å². The molecule has 0 spiro atoms. The Bertz CT molecular complexity index is 541. The van der Waals surface area contributed by atoms with Gasteiger partial charge in [0, 0.05) is 12.6 Å². The molecule has 3 heteroatoms. The largest absolute Gasteiger partial charge is 0.326 e. The minimum Gasteiger partial charge on any atom is -0.326 e. The van der Waals surface area contributed by atoms with E-state index in [1.54, 1.807) is 0 Å². The fourth-order valence-corrected chi connectivity index (χ4v) is 2.39. The summed E-state index contributed by atoms with van der Waals surface area (Å²) in [5.41, 5.74) is 4.77. The van der Waals surface area contributed by atoms with Crippen molar-refractivity contribution in [2.75, 3.05) is 0 Å². The highest BCUT2D eigenvalue weighted by molar-refractivity contribution is 9.10. The van der Waals surface area contributed by atoms with E-state index < -0.39 is 0 Å². The van der Waals surface area contributed by atoms with Crippen LogP contribution in [0.1, 0.15) is 17.0 Å². The lowest BCUT2D eigenvalue weighted by Crippen LogP contribution is -1.90. The van der Waals surface area contributed by atoms with Crippen LogP contribution in [0.4, 0.5) is 0 Å². The van der Waals surface area contributed by atoms with Gasteiger partial charge in [-0.2, -0.15) is 0 Å². The van der Waals surface area contributed by atoms with Gasteiger partial charge in [-0.05, 0) is 42.3 Å². The van der Waals surface area contributed by atoms with Crippen LogP contribution in [-0.2, 0) is 7.05 Å². The van der Waals surface area contributed by atoms with Crippen LogP contribution in [0.3, 0.4) is 0 Å². The van der Waals surface area contributed by atoms with Gasteiger partial charge in [0.25, 0.3) is 0 Å². The standard InChI is InChI=1S/C13H15BrN2/c1-8-5-6-11(9(2)7-8)12-13(14)16(4)10(3)15-12/h5-7H,1-4H3. The molecule has 16 heavy (non-hydrogen) atoms. The van der Waals surface area contributed by atoms with E-state index in [4.69, 9.17) is 0 Å². The molecule has 0 fully saturated rings. The van der Waals surface area contributed by atoms with E-state index in [9.17, 15) is 0 Å². The predicted octanol–water partition coefficient (Wildman–Crippen LogP) is 3.77. The molecular weight excluding hydrogens is 264 g/mol. The summed E-state index contributed by atoms with van der Waals surface area (Å²) in [6, 6.07) is 6.45. The van der Waals surface area contributed by atoms with Gasteiger partial charge in [0.15, 0.2) is 0 Å². The average Bonchev–Trinajstić information content (AvgIpc) is 2.46. The molecule has 0 atom stereocenters. The van der Waals surface area contributed by atoms with Crippen LogP contribution in [-0.4, -0.2) is 9.55 Å². The predicted molar refractivity (Wildman–Crippen MR) is 70.6 cm³/mol. The molecule has 0 aliphatic rings. The first-order valence-electron chi connectivity index (χ1n) is 5.27. The lowest BCUT2D eigenvalue weighted by Gasteiger charge is -2.04. The van der Waals surface area contributed by atoms with E-state index in [0.29, 0.717) is 0 Å². The van der Waals surface area contributed by atoms with E-state index in [-0.39, 0.29) is 0 Å². The number of nitrogens with zero attached hydrogens (tertiary/aromatic N) is 2. The van der Waals surface area contributed by atoms with Gasteiger partial charge in [0.1, 0.15) is 16.1 Å². The van der Waals surface area contributed by atoms with E-state index in [2.05, 4.69) is 57.5 Å². The number of benzene rings is 1. The van der Waals surface area contributed by atoms with E-state index in [1.807, 2.05) is 14.0 Å². The normalized spacial score (nSPS) is 10.8. The van der Waals surface area contributed by atoms with E-state index in [0.717, 1.165) is 16.1 Å². The minimum atomic E-state index is 1.02. The van der Waals surface area contributed by atoms with Crippen molar-refractivity contribution in [3.05, 3.63) is 39.8 Å². The van der Waals surface area contributed by atoms with E-state index >= 15 is 0 Å². The number of hydrogen-bond acceptors (Lipinski definition) is 1. The van der Waals surface area contributed by atoms with Crippen LogP contribution in [0, 0.1) is 20.8 Å². The second-order valence-electron chi connectivity index (χ2n) is 4.18. The van der Waals surface area contributed by atoms with Crippen molar-refractivity contribution in [3.8, 4) is 11.3 Å². The van der Waals surface area contributed by atoms with Crippen LogP contribution in [0.5, 0.6) is 0 Å². The van der Waals surface area contributed by atoms with Gasteiger partial charge in [-0.25, -0.2) is 4.98 Å². The summed E-state index contributed by atoms with van der Waals surface area (Å²) in [6.07, 6.45) is 0. The summed E-state index contributed by atoms with van der Waals surface area (Å²) in [6.45, 7) is 6.24. The summed E-state index contributed by atoms with van der Waals surface area (Å²) in [7, 11) is 2.01. The Morgan fingerprint density at radius 3 is 2.38 bits per heavy atom. The molecule has 1 aromatic heterocycles. The lowest BCUT2D eigenvalue weighted by atomic mass is 10.0. The minimum absolute atomic E-state index is 1.02. The Balaban J connectivity index is 2.63. The number of imidazole rings is 1. The Hall–Kier alpha value is -1.09. The Labute approximate surface area is 104 Å². The Morgan fingerprint density at radius 1 is 1.19 bits per heavy atom. The van der Waals surface area contributed by atoms with Crippen LogP contribution in [0.2, 0.25) is 0 Å². The number of hydrogen-bond donors (Lipinski definition) is 0. The first kappa shape index (κ1) is 11.4. The number of rotatable bonds is 1. The van der Waals surface area contributed by atoms with Gasteiger partial charge in [-0.3, -0.25) is 0 Å². The maximum Gasteiger partial charge on any atom is 0.112 e. The Kier molecular flexibility index (Phi) is 2.89. The second kappa shape index (κ2) is 4.06. The third kappa shape index (κ3) is 1.80. The molecule has 2 aromatic rings. The van der Waals surface area contributed by atoms with Crippen molar-refractivity contribution in [2.24, 2.45) is 7.05 Å². The first-order valence-corrected chi connectivity index (χ1v) is 6.06. The zero-order valence-electron chi connectivity index (χ0n) is 10.0. The van der Waals surface area contributed by atoms with Gasteiger partial charge in [0.2, 0.25) is 0 Å². The molecule has 0 bridgehead atoms. The third-order valence-corrected chi connectivity index (χ3v) is 3.79. The highest BCUT2D eigenvalue weighted by atomic mass is 79.9. The molecule has 0 aliphatic carbocycles. The van der Waals surface area contributed by atoms with Crippen molar-refractivity contribution >= 4 is 15.9 Å². The summed E-state index contributed by atoms with van der Waals surface area (Å²) < 4.78 is 3.09. The SMILES string of the molecule is Cc1ccc(-c2nc(C)n(C)c2Br)c(C)c1. The fraction of sp³-hybridized carbons (Fsp3) is 0.308. The molecule has 1 aromatic carbocycles. The van der Waals surface area contributed by atoms with Crippen LogP contribution in [0.25, 0.3) is 11.3 Å². The van der Waals surface area contributed by atoms with Gasteiger partial charge in [-0.1, -0.05) is 23.8 Å². The Morgan fingerprint density at radius 2 is 1.88 bits per heavy atom. The molecule has 0 saturated heterocycles. The average molecular weight is 279 g/mol. The van der Waals surface area contributed by atoms with Crippen molar-refractivity contribution in [2.45, 2.75) is 20.8 Å². The van der Waals surface area contributed by atoms with Crippen LogP contribution in [0.15, 0.2) is 22.8 Å². The van der Waals surface area contributed by atoms with Crippen LogP contribution >= 0.6 is 15.9 Å². The van der Waals surface area contributed by atoms with Gasteiger partial charge in [0.05, 0.1) is 0 Å².